The van der Waals surface area contributed by atoms with Gasteiger partial charge in [-0.25, -0.2) is 13.6 Å². The number of nitrogens with zero attached hydrogens (tertiary/aromatic N) is 2. The largest absolute Gasteiger partial charge is 0.465 e. The molecule has 0 heterocycles. The fraction of sp³-hybridized carbons (Fsp3) is 0.200. The molecule has 1 aromatic rings. The molecule has 0 bridgehead atoms. The molecule has 0 radical (unpaired) electrons. The van der Waals surface area contributed by atoms with E-state index >= 15 is 0 Å². The van der Waals surface area contributed by atoms with Crippen molar-refractivity contribution in [1.82, 2.24) is 0 Å². The van der Waals surface area contributed by atoms with Gasteiger partial charge in [-0.05, 0) is 6.07 Å². The Bertz CT molecular complexity index is 552. The number of alkyl halides is 2. The summed E-state index contributed by atoms with van der Waals surface area (Å²) in [6.45, 7) is 0. The number of benzene rings is 1. The maximum atomic E-state index is 12.8. The minimum Gasteiger partial charge on any atom is -0.465 e. The average molecular weight is 256 g/mol. The van der Waals surface area contributed by atoms with Gasteiger partial charge in [0.05, 0.1) is 23.2 Å². The molecule has 0 N–H and O–H groups in total. The zero-order chi connectivity index (χ0) is 13.9. The topological polar surface area (TPSA) is 93.2 Å². The Kier molecular flexibility index (Phi) is 3.89. The van der Waals surface area contributed by atoms with Gasteiger partial charge >= 0.3 is 5.97 Å². The van der Waals surface area contributed by atoms with Crippen LogP contribution in [-0.4, -0.2) is 18.0 Å². The molecule has 6 nitrogen and oxygen atoms in total. The molecule has 0 aliphatic rings. The van der Waals surface area contributed by atoms with E-state index in [1.54, 1.807) is 0 Å². The van der Waals surface area contributed by atoms with Gasteiger partial charge in [0.1, 0.15) is 11.6 Å². The lowest BCUT2D eigenvalue weighted by Crippen LogP contribution is -2.09. The minimum atomic E-state index is -3.20. The molecule has 8 heteroatoms. The van der Waals surface area contributed by atoms with Gasteiger partial charge in [-0.2, -0.15) is 5.26 Å². The van der Waals surface area contributed by atoms with E-state index in [1.165, 1.54) is 6.07 Å². The molecule has 0 unspecified atom stereocenters. The molecule has 0 aliphatic carbocycles. The van der Waals surface area contributed by atoms with Gasteiger partial charge in [-0.1, -0.05) is 0 Å². The summed E-state index contributed by atoms with van der Waals surface area (Å²) in [5, 5.41) is 19.3. The number of esters is 1. The number of hydrogen-bond acceptors (Lipinski definition) is 5. The van der Waals surface area contributed by atoms with E-state index in [1.807, 2.05) is 0 Å². The quantitative estimate of drug-likeness (QED) is 0.469. The van der Waals surface area contributed by atoms with E-state index in [4.69, 9.17) is 5.26 Å². The molecule has 0 saturated carbocycles. The van der Waals surface area contributed by atoms with E-state index in [0.29, 0.717) is 0 Å². The van der Waals surface area contributed by atoms with E-state index in [9.17, 15) is 23.7 Å². The van der Waals surface area contributed by atoms with Crippen molar-refractivity contribution >= 4 is 11.7 Å². The Morgan fingerprint density at radius 3 is 2.56 bits per heavy atom. The van der Waals surface area contributed by atoms with Crippen molar-refractivity contribution in [2.24, 2.45) is 0 Å². The van der Waals surface area contributed by atoms with Crippen LogP contribution in [0.2, 0.25) is 0 Å². The minimum absolute atomic E-state index is 0.561. The third kappa shape index (κ3) is 2.24. The molecule has 0 spiro atoms. The SMILES string of the molecule is COC(=O)c1ccc([N+](=O)[O-])c(C#N)c1C(F)F. The van der Waals surface area contributed by atoms with Crippen molar-refractivity contribution in [3.05, 3.63) is 38.9 Å². The van der Waals surface area contributed by atoms with Gasteiger partial charge in [0.2, 0.25) is 0 Å². The van der Waals surface area contributed by atoms with Crippen LogP contribution in [0.1, 0.15) is 27.9 Å². The van der Waals surface area contributed by atoms with Crippen molar-refractivity contribution in [1.29, 1.82) is 5.26 Å². The zero-order valence-corrected chi connectivity index (χ0v) is 9.02. The summed E-state index contributed by atoms with van der Waals surface area (Å²) in [5.41, 5.74) is -3.16. The van der Waals surface area contributed by atoms with E-state index in [2.05, 4.69) is 4.74 Å². The maximum absolute atomic E-state index is 12.8. The number of rotatable bonds is 3. The highest BCUT2D eigenvalue weighted by Crippen LogP contribution is 2.32. The number of nitriles is 1. The first-order valence-corrected chi connectivity index (χ1v) is 4.51. The van der Waals surface area contributed by atoms with Crippen LogP contribution in [0.15, 0.2) is 12.1 Å². The highest BCUT2D eigenvalue weighted by Gasteiger charge is 2.29. The second kappa shape index (κ2) is 5.18. The zero-order valence-electron chi connectivity index (χ0n) is 9.02. The van der Waals surface area contributed by atoms with Gasteiger partial charge in [0, 0.05) is 6.07 Å². The van der Waals surface area contributed by atoms with Crippen LogP contribution in [0.25, 0.3) is 0 Å². The number of carbonyl (C=O) groups is 1. The van der Waals surface area contributed by atoms with Crippen LogP contribution in [0.5, 0.6) is 0 Å². The number of methoxy groups -OCH3 is 1. The van der Waals surface area contributed by atoms with Gasteiger partial charge in [0.15, 0.2) is 0 Å². The summed E-state index contributed by atoms with van der Waals surface area (Å²) < 4.78 is 29.9. The maximum Gasteiger partial charge on any atom is 0.338 e. The molecule has 0 aromatic heterocycles. The Morgan fingerprint density at radius 2 is 2.17 bits per heavy atom. The molecule has 1 aromatic carbocycles. The molecular weight excluding hydrogens is 250 g/mol. The summed E-state index contributed by atoms with van der Waals surface area (Å²) in [6, 6.07) is 2.97. The van der Waals surface area contributed by atoms with Gasteiger partial charge in [-0.15, -0.1) is 0 Å². The lowest BCUT2D eigenvalue weighted by Gasteiger charge is -2.08. The third-order valence-electron chi connectivity index (χ3n) is 2.16. The van der Waals surface area contributed by atoms with Crippen LogP contribution in [0.3, 0.4) is 0 Å². The molecule has 0 saturated heterocycles. The first kappa shape index (κ1) is 13.5. The molecule has 1 rings (SSSR count). The first-order valence-electron chi connectivity index (χ1n) is 4.51. The molecular formula is C10H6F2N2O4. The number of halogens is 2. The molecule has 0 atom stereocenters. The number of carbonyl (C=O) groups excluding carboxylic acids is 1. The van der Waals surface area contributed by atoms with Crippen molar-refractivity contribution in [2.75, 3.05) is 7.11 Å². The summed E-state index contributed by atoms with van der Waals surface area (Å²) in [4.78, 5) is 20.9. The molecule has 0 aliphatic heterocycles. The van der Waals surface area contributed by atoms with E-state index in [0.717, 1.165) is 19.2 Å². The Hall–Kier alpha value is -2.56. The Balaban J connectivity index is 3.65. The molecule has 18 heavy (non-hydrogen) atoms. The van der Waals surface area contributed by atoms with Crippen LogP contribution < -0.4 is 0 Å². The Labute approximate surface area is 99.5 Å². The monoisotopic (exact) mass is 256 g/mol. The smallest absolute Gasteiger partial charge is 0.338 e. The van der Waals surface area contributed by atoms with Crippen molar-refractivity contribution in [2.45, 2.75) is 6.43 Å². The second-order valence-corrected chi connectivity index (χ2v) is 3.08. The normalized spacial score (nSPS) is 9.94. The number of ether oxygens (including phenoxy) is 1. The Morgan fingerprint density at radius 1 is 1.56 bits per heavy atom. The fourth-order valence-electron chi connectivity index (χ4n) is 1.39. The number of nitro benzene ring substituents is 1. The summed E-state index contributed by atoms with van der Waals surface area (Å²) >= 11 is 0. The molecule has 94 valence electrons. The lowest BCUT2D eigenvalue weighted by atomic mass is 10.00. The average Bonchev–Trinajstić information content (AvgIpc) is 2.35. The molecule has 0 fully saturated rings. The van der Waals surface area contributed by atoms with Crippen LogP contribution >= 0.6 is 0 Å². The van der Waals surface area contributed by atoms with E-state index < -0.39 is 39.7 Å². The number of nitro groups is 1. The van der Waals surface area contributed by atoms with E-state index in [-0.39, 0.29) is 0 Å². The summed E-state index contributed by atoms with van der Waals surface area (Å²) in [7, 11) is 0.977. The predicted molar refractivity (Wildman–Crippen MR) is 54.1 cm³/mol. The van der Waals surface area contributed by atoms with Gasteiger partial charge in [-0.3, -0.25) is 10.1 Å². The van der Waals surface area contributed by atoms with Crippen LogP contribution in [-0.2, 0) is 4.74 Å². The standard InChI is InChI=1S/C10H6F2N2O4/c1-18-10(15)5-2-3-7(14(16)17)6(4-13)8(5)9(11)12/h2-3,9H,1H3. The highest BCUT2D eigenvalue weighted by molar-refractivity contribution is 5.92. The lowest BCUT2D eigenvalue weighted by molar-refractivity contribution is -0.385. The molecule has 0 amide bonds. The first-order chi connectivity index (χ1) is 8.43. The predicted octanol–water partition coefficient (Wildman–Crippen LogP) is 2.19. The number of hydrogen-bond donors (Lipinski definition) is 0. The summed E-state index contributed by atoms with van der Waals surface area (Å²) in [5.74, 6) is -1.09. The van der Waals surface area contributed by atoms with Crippen molar-refractivity contribution in [3.63, 3.8) is 0 Å². The van der Waals surface area contributed by atoms with Crippen molar-refractivity contribution in [3.8, 4) is 6.07 Å². The van der Waals surface area contributed by atoms with Crippen molar-refractivity contribution < 1.29 is 23.2 Å². The van der Waals surface area contributed by atoms with Crippen LogP contribution in [0, 0.1) is 21.4 Å². The second-order valence-electron chi connectivity index (χ2n) is 3.08. The summed E-state index contributed by atoms with van der Waals surface area (Å²) in [6.07, 6.45) is -3.20. The highest BCUT2D eigenvalue weighted by atomic mass is 19.3. The fourth-order valence-corrected chi connectivity index (χ4v) is 1.39. The van der Waals surface area contributed by atoms with Gasteiger partial charge in [0.25, 0.3) is 12.1 Å². The van der Waals surface area contributed by atoms with Crippen LogP contribution in [0.4, 0.5) is 14.5 Å². The third-order valence-corrected chi connectivity index (χ3v) is 2.16. The van der Waals surface area contributed by atoms with Gasteiger partial charge < -0.3 is 4.74 Å².